The Hall–Kier alpha value is -1.53. The van der Waals surface area contributed by atoms with Crippen molar-refractivity contribution in [2.75, 3.05) is 25.0 Å². The number of likely N-dealkylation sites (tertiary alicyclic amines) is 1. The van der Waals surface area contributed by atoms with E-state index in [4.69, 9.17) is 0 Å². The number of anilines is 1. The normalized spacial score (nSPS) is 24.8. The summed E-state index contributed by atoms with van der Waals surface area (Å²) in [6, 6.07) is 1.69. The lowest BCUT2D eigenvalue weighted by Crippen LogP contribution is -2.45. The highest BCUT2D eigenvalue weighted by Gasteiger charge is 2.25. The molecule has 0 spiro atoms. The van der Waals surface area contributed by atoms with E-state index in [1.807, 2.05) is 11.8 Å². The molecule has 0 radical (unpaired) electrons. The molecule has 0 saturated carbocycles. The van der Waals surface area contributed by atoms with Gasteiger partial charge in [0.2, 0.25) is 11.9 Å². The highest BCUT2D eigenvalue weighted by Crippen LogP contribution is 2.16. The second-order valence-corrected chi connectivity index (χ2v) is 4.69. The third-order valence-electron chi connectivity index (χ3n) is 3.19. The molecule has 2 heterocycles. The molecule has 6 heteroatoms. The van der Waals surface area contributed by atoms with Crippen molar-refractivity contribution >= 4 is 11.9 Å². The van der Waals surface area contributed by atoms with Crippen molar-refractivity contribution in [1.29, 1.82) is 0 Å². The molecule has 1 aromatic heterocycles. The number of hydrogen-bond donors (Lipinski definition) is 2. The number of aliphatic hydroxyl groups excluding tert-OH is 1. The molecule has 6 nitrogen and oxygen atoms in total. The summed E-state index contributed by atoms with van der Waals surface area (Å²) < 4.78 is 0. The number of aromatic nitrogens is 2. The van der Waals surface area contributed by atoms with Gasteiger partial charge in [0.05, 0.1) is 12.6 Å². The van der Waals surface area contributed by atoms with Crippen LogP contribution in [0.25, 0.3) is 0 Å². The van der Waals surface area contributed by atoms with Gasteiger partial charge in [-0.1, -0.05) is 6.92 Å². The van der Waals surface area contributed by atoms with Crippen molar-refractivity contribution in [3.8, 4) is 0 Å². The first-order valence-corrected chi connectivity index (χ1v) is 6.12. The SMILES string of the molecule is CC1CCN(CC(=O)Nc2ncccn2)CC1O. The topological polar surface area (TPSA) is 78.4 Å². The zero-order valence-corrected chi connectivity index (χ0v) is 10.4. The van der Waals surface area contributed by atoms with E-state index in [9.17, 15) is 9.90 Å². The Labute approximate surface area is 106 Å². The predicted molar refractivity (Wildman–Crippen MR) is 66.9 cm³/mol. The lowest BCUT2D eigenvalue weighted by Gasteiger charge is -2.33. The summed E-state index contributed by atoms with van der Waals surface area (Å²) in [5.74, 6) is 0.471. The Morgan fingerprint density at radius 1 is 1.56 bits per heavy atom. The van der Waals surface area contributed by atoms with Crippen molar-refractivity contribution in [2.45, 2.75) is 19.4 Å². The molecule has 18 heavy (non-hydrogen) atoms. The maximum Gasteiger partial charge on any atom is 0.240 e. The highest BCUT2D eigenvalue weighted by molar-refractivity contribution is 5.90. The van der Waals surface area contributed by atoms with Crippen molar-refractivity contribution in [3.05, 3.63) is 18.5 Å². The van der Waals surface area contributed by atoms with Crippen LogP contribution in [-0.2, 0) is 4.79 Å². The number of amides is 1. The molecule has 1 aromatic rings. The summed E-state index contributed by atoms with van der Waals surface area (Å²) in [4.78, 5) is 21.6. The monoisotopic (exact) mass is 250 g/mol. The fourth-order valence-corrected chi connectivity index (χ4v) is 1.99. The molecule has 0 bridgehead atoms. The van der Waals surface area contributed by atoms with Gasteiger partial charge in [0, 0.05) is 18.9 Å². The van der Waals surface area contributed by atoms with Gasteiger partial charge < -0.3 is 5.11 Å². The van der Waals surface area contributed by atoms with Gasteiger partial charge >= 0.3 is 0 Å². The molecule has 2 N–H and O–H groups in total. The predicted octanol–water partition coefficient (Wildman–Crippen LogP) is 0.118. The largest absolute Gasteiger partial charge is 0.392 e. The standard InChI is InChI=1S/C12H18N4O2/c1-9-3-6-16(7-10(9)17)8-11(18)15-12-13-4-2-5-14-12/h2,4-5,9-10,17H,3,6-8H2,1H3,(H,13,14,15,18). The van der Waals surface area contributed by atoms with Crippen LogP contribution in [0.3, 0.4) is 0 Å². The van der Waals surface area contributed by atoms with Crippen LogP contribution in [0.1, 0.15) is 13.3 Å². The molecule has 0 aliphatic carbocycles. The van der Waals surface area contributed by atoms with Crippen LogP contribution >= 0.6 is 0 Å². The minimum absolute atomic E-state index is 0.150. The number of carbonyl (C=O) groups excluding carboxylic acids is 1. The molecule has 1 aliphatic rings. The first-order chi connectivity index (χ1) is 8.65. The Morgan fingerprint density at radius 2 is 2.28 bits per heavy atom. The van der Waals surface area contributed by atoms with E-state index >= 15 is 0 Å². The van der Waals surface area contributed by atoms with E-state index < -0.39 is 0 Å². The molecule has 2 unspecified atom stereocenters. The van der Waals surface area contributed by atoms with Gasteiger partial charge in [0.1, 0.15) is 0 Å². The highest BCUT2D eigenvalue weighted by atomic mass is 16.3. The number of nitrogens with one attached hydrogen (secondary N) is 1. The maximum absolute atomic E-state index is 11.8. The van der Waals surface area contributed by atoms with Gasteiger partial charge in [-0.3, -0.25) is 15.0 Å². The molecule has 2 rings (SSSR count). The first-order valence-electron chi connectivity index (χ1n) is 6.12. The van der Waals surface area contributed by atoms with E-state index in [0.717, 1.165) is 13.0 Å². The van der Waals surface area contributed by atoms with E-state index in [1.165, 1.54) is 0 Å². The van der Waals surface area contributed by atoms with Crippen LogP contribution < -0.4 is 5.32 Å². The average molecular weight is 250 g/mol. The van der Waals surface area contributed by atoms with E-state index in [-0.39, 0.29) is 18.6 Å². The van der Waals surface area contributed by atoms with Crippen LogP contribution in [-0.4, -0.2) is 51.6 Å². The van der Waals surface area contributed by atoms with Crippen molar-refractivity contribution in [3.63, 3.8) is 0 Å². The second kappa shape index (κ2) is 5.88. The number of β-amino-alcohol motifs (C(OH)–C–C–N with tert-alkyl or cyclic N) is 1. The number of carbonyl (C=O) groups is 1. The summed E-state index contributed by atoms with van der Waals surface area (Å²) in [6.45, 7) is 3.67. The number of nitrogens with zero attached hydrogens (tertiary/aromatic N) is 3. The molecule has 1 saturated heterocycles. The van der Waals surface area contributed by atoms with Crippen LogP contribution in [0.15, 0.2) is 18.5 Å². The molecule has 1 fully saturated rings. The lowest BCUT2D eigenvalue weighted by molar-refractivity contribution is -0.118. The second-order valence-electron chi connectivity index (χ2n) is 4.69. The fraction of sp³-hybridized carbons (Fsp3) is 0.583. The van der Waals surface area contributed by atoms with E-state index in [1.54, 1.807) is 18.5 Å². The molecule has 2 atom stereocenters. The van der Waals surface area contributed by atoms with Crippen molar-refractivity contribution in [1.82, 2.24) is 14.9 Å². The lowest BCUT2D eigenvalue weighted by atomic mass is 9.96. The Morgan fingerprint density at radius 3 is 2.94 bits per heavy atom. The number of aliphatic hydroxyl groups is 1. The maximum atomic E-state index is 11.8. The van der Waals surface area contributed by atoms with E-state index in [0.29, 0.717) is 18.4 Å². The Kier molecular flexibility index (Phi) is 4.22. The van der Waals surface area contributed by atoms with Gasteiger partial charge in [-0.25, -0.2) is 9.97 Å². The minimum atomic E-state index is -0.348. The third-order valence-corrected chi connectivity index (χ3v) is 3.19. The summed E-state index contributed by atoms with van der Waals surface area (Å²) >= 11 is 0. The van der Waals surface area contributed by atoms with Crippen molar-refractivity contribution < 1.29 is 9.90 Å². The number of rotatable bonds is 3. The quantitative estimate of drug-likeness (QED) is 0.796. The third kappa shape index (κ3) is 3.48. The van der Waals surface area contributed by atoms with Gasteiger partial charge in [-0.2, -0.15) is 0 Å². The van der Waals surface area contributed by atoms with Crippen LogP contribution in [0.2, 0.25) is 0 Å². The number of piperidine rings is 1. The number of hydrogen-bond acceptors (Lipinski definition) is 5. The zero-order valence-electron chi connectivity index (χ0n) is 10.4. The molecular formula is C12H18N4O2. The summed E-state index contributed by atoms with van der Waals surface area (Å²) in [5.41, 5.74) is 0. The fourth-order valence-electron chi connectivity index (χ4n) is 1.99. The minimum Gasteiger partial charge on any atom is -0.392 e. The van der Waals surface area contributed by atoms with Crippen LogP contribution in [0, 0.1) is 5.92 Å². The summed E-state index contributed by atoms with van der Waals surface area (Å²) in [6.07, 6.45) is 3.72. The molecule has 1 amide bonds. The smallest absolute Gasteiger partial charge is 0.240 e. The van der Waals surface area contributed by atoms with E-state index in [2.05, 4.69) is 15.3 Å². The summed E-state index contributed by atoms with van der Waals surface area (Å²) in [5, 5.41) is 12.4. The Bertz CT molecular complexity index is 398. The molecule has 98 valence electrons. The van der Waals surface area contributed by atoms with Gasteiger partial charge in [0.15, 0.2) is 0 Å². The zero-order chi connectivity index (χ0) is 13.0. The van der Waals surface area contributed by atoms with Gasteiger partial charge in [0.25, 0.3) is 0 Å². The molecular weight excluding hydrogens is 232 g/mol. The van der Waals surface area contributed by atoms with Gasteiger partial charge in [-0.15, -0.1) is 0 Å². The molecule has 0 aromatic carbocycles. The summed E-state index contributed by atoms with van der Waals surface area (Å²) in [7, 11) is 0. The average Bonchev–Trinajstić information content (AvgIpc) is 2.35. The Balaban J connectivity index is 1.81. The molecule has 1 aliphatic heterocycles. The first kappa shape index (κ1) is 12.9. The van der Waals surface area contributed by atoms with Crippen molar-refractivity contribution in [2.24, 2.45) is 5.92 Å². The van der Waals surface area contributed by atoms with Crippen LogP contribution in [0.4, 0.5) is 5.95 Å². The van der Waals surface area contributed by atoms with Crippen LogP contribution in [0.5, 0.6) is 0 Å². The van der Waals surface area contributed by atoms with Gasteiger partial charge in [-0.05, 0) is 24.9 Å².